The predicted octanol–water partition coefficient (Wildman–Crippen LogP) is 1.32. The van der Waals surface area contributed by atoms with Crippen molar-refractivity contribution in [2.24, 2.45) is 5.92 Å². The number of carbonyl (C=O) groups is 2. The zero-order valence-electron chi connectivity index (χ0n) is 11.6. The normalized spacial score (nSPS) is 12.3. The molecule has 0 saturated heterocycles. The minimum Gasteiger partial charge on any atom is -0.480 e. The van der Waals surface area contributed by atoms with Crippen LogP contribution in [-0.4, -0.2) is 33.0 Å². The first kappa shape index (κ1) is 15.1. The number of carboxylic acid groups (broad SMARTS) is 1. The molecule has 1 aromatic heterocycles. The van der Waals surface area contributed by atoms with Crippen molar-refractivity contribution in [1.82, 2.24) is 15.3 Å². The molecule has 1 rings (SSSR count). The second-order valence-corrected chi connectivity index (χ2v) is 4.94. The van der Waals surface area contributed by atoms with Crippen molar-refractivity contribution in [3.63, 3.8) is 0 Å². The van der Waals surface area contributed by atoms with Crippen molar-refractivity contribution in [2.45, 2.75) is 40.2 Å². The fourth-order valence-electron chi connectivity index (χ4n) is 1.76. The van der Waals surface area contributed by atoms with Crippen molar-refractivity contribution < 1.29 is 14.7 Å². The Morgan fingerprint density at radius 1 is 1.32 bits per heavy atom. The van der Waals surface area contributed by atoms with Crippen molar-refractivity contribution in [1.29, 1.82) is 0 Å². The Kier molecular flexibility index (Phi) is 4.97. The van der Waals surface area contributed by atoms with E-state index in [9.17, 15) is 9.59 Å². The number of aliphatic carboxylic acids is 1. The molecule has 0 radical (unpaired) electrons. The van der Waals surface area contributed by atoms with Crippen LogP contribution in [0.1, 0.15) is 42.3 Å². The molecule has 1 amide bonds. The van der Waals surface area contributed by atoms with Crippen LogP contribution in [0.5, 0.6) is 0 Å². The zero-order valence-corrected chi connectivity index (χ0v) is 11.6. The summed E-state index contributed by atoms with van der Waals surface area (Å²) in [6.45, 7) is 7.25. The zero-order chi connectivity index (χ0) is 14.6. The summed E-state index contributed by atoms with van der Waals surface area (Å²) in [5.74, 6) is -0.859. The van der Waals surface area contributed by atoms with E-state index in [1.807, 2.05) is 13.8 Å². The van der Waals surface area contributed by atoms with Gasteiger partial charge in [-0.05, 0) is 32.3 Å². The van der Waals surface area contributed by atoms with Gasteiger partial charge in [-0.25, -0.2) is 14.8 Å². The molecule has 0 spiro atoms. The van der Waals surface area contributed by atoms with Crippen LogP contribution in [0.2, 0.25) is 0 Å². The van der Waals surface area contributed by atoms with Gasteiger partial charge >= 0.3 is 5.97 Å². The highest BCUT2D eigenvalue weighted by atomic mass is 16.4. The van der Waals surface area contributed by atoms with E-state index in [-0.39, 0.29) is 11.6 Å². The monoisotopic (exact) mass is 265 g/mol. The van der Waals surface area contributed by atoms with Crippen molar-refractivity contribution >= 4 is 11.9 Å². The van der Waals surface area contributed by atoms with Crippen molar-refractivity contribution in [3.05, 3.63) is 23.3 Å². The Hall–Kier alpha value is -1.98. The second kappa shape index (κ2) is 6.26. The van der Waals surface area contributed by atoms with Crippen LogP contribution in [0.3, 0.4) is 0 Å². The molecule has 0 aliphatic carbocycles. The molecule has 1 aromatic rings. The van der Waals surface area contributed by atoms with Gasteiger partial charge in [0.1, 0.15) is 17.6 Å². The van der Waals surface area contributed by atoms with Gasteiger partial charge in [-0.1, -0.05) is 13.8 Å². The van der Waals surface area contributed by atoms with E-state index >= 15 is 0 Å². The van der Waals surface area contributed by atoms with Gasteiger partial charge in [0.05, 0.1) is 0 Å². The molecule has 0 aliphatic heterocycles. The maximum absolute atomic E-state index is 12.0. The molecule has 0 aromatic carbocycles. The van der Waals surface area contributed by atoms with Gasteiger partial charge < -0.3 is 10.4 Å². The number of hydrogen-bond acceptors (Lipinski definition) is 4. The Morgan fingerprint density at radius 2 is 1.95 bits per heavy atom. The van der Waals surface area contributed by atoms with Crippen LogP contribution in [0.25, 0.3) is 0 Å². The van der Waals surface area contributed by atoms with Gasteiger partial charge in [-0.2, -0.15) is 0 Å². The molecule has 104 valence electrons. The van der Waals surface area contributed by atoms with Crippen molar-refractivity contribution in [3.8, 4) is 0 Å². The number of rotatable bonds is 5. The van der Waals surface area contributed by atoms with Gasteiger partial charge in [0.2, 0.25) is 0 Å². The second-order valence-electron chi connectivity index (χ2n) is 4.94. The molecular weight excluding hydrogens is 246 g/mol. The molecule has 1 atom stereocenters. The van der Waals surface area contributed by atoms with Gasteiger partial charge in [-0.15, -0.1) is 0 Å². The number of carboxylic acids is 1. The molecule has 0 saturated carbocycles. The molecule has 0 unspecified atom stereocenters. The fraction of sp³-hybridized carbons (Fsp3) is 0.538. The molecule has 0 bridgehead atoms. The number of hydrogen-bond donors (Lipinski definition) is 2. The number of aromatic nitrogens is 2. The van der Waals surface area contributed by atoms with E-state index in [4.69, 9.17) is 5.11 Å². The number of nitrogens with one attached hydrogen (secondary N) is 1. The highest BCUT2D eigenvalue weighted by Crippen LogP contribution is 2.07. The topological polar surface area (TPSA) is 92.2 Å². The van der Waals surface area contributed by atoms with Gasteiger partial charge in [0, 0.05) is 5.69 Å². The van der Waals surface area contributed by atoms with E-state index in [0.717, 1.165) is 0 Å². The van der Waals surface area contributed by atoms with E-state index in [0.29, 0.717) is 17.9 Å². The third kappa shape index (κ3) is 4.65. The Bertz CT molecular complexity index is 466. The Labute approximate surface area is 112 Å². The van der Waals surface area contributed by atoms with Crippen LogP contribution in [0.4, 0.5) is 0 Å². The lowest BCUT2D eigenvalue weighted by molar-refractivity contribution is -0.139. The SMILES string of the molecule is Cc1cc(C(=O)N[C@@H](CC(C)C)C(=O)O)nc(C)n1. The Balaban J connectivity index is 2.84. The minimum absolute atomic E-state index is 0.176. The standard InChI is InChI=1S/C13H19N3O3/c1-7(2)5-11(13(18)19)16-12(17)10-6-8(3)14-9(4)15-10/h6-7,11H,5H2,1-4H3,(H,16,17)(H,18,19)/t11-/m0/s1. The first-order valence-corrected chi connectivity index (χ1v) is 6.15. The van der Waals surface area contributed by atoms with Crippen LogP contribution in [0.15, 0.2) is 6.07 Å². The van der Waals surface area contributed by atoms with Crippen LogP contribution in [-0.2, 0) is 4.79 Å². The van der Waals surface area contributed by atoms with Crippen LogP contribution < -0.4 is 5.32 Å². The molecule has 6 nitrogen and oxygen atoms in total. The smallest absolute Gasteiger partial charge is 0.326 e. The molecule has 0 aliphatic rings. The predicted molar refractivity (Wildman–Crippen MR) is 69.9 cm³/mol. The highest BCUT2D eigenvalue weighted by molar-refractivity contribution is 5.95. The van der Waals surface area contributed by atoms with E-state index in [2.05, 4.69) is 15.3 Å². The van der Waals surface area contributed by atoms with Crippen LogP contribution in [0, 0.1) is 19.8 Å². The molecule has 0 fully saturated rings. The quantitative estimate of drug-likeness (QED) is 0.837. The summed E-state index contributed by atoms with van der Waals surface area (Å²) in [5, 5.41) is 11.6. The van der Waals surface area contributed by atoms with E-state index in [1.165, 1.54) is 6.07 Å². The summed E-state index contributed by atoms with van der Waals surface area (Å²) in [7, 11) is 0. The third-order valence-corrected chi connectivity index (χ3v) is 2.51. The maximum atomic E-state index is 12.0. The summed E-state index contributed by atoms with van der Waals surface area (Å²) < 4.78 is 0. The van der Waals surface area contributed by atoms with Crippen LogP contribution >= 0.6 is 0 Å². The molecule has 19 heavy (non-hydrogen) atoms. The molecule has 1 heterocycles. The summed E-state index contributed by atoms with van der Waals surface area (Å²) >= 11 is 0. The minimum atomic E-state index is -1.04. The van der Waals surface area contributed by atoms with E-state index < -0.39 is 17.9 Å². The number of carbonyl (C=O) groups excluding carboxylic acids is 1. The number of amides is 1. The number of aryl methyl sites for hydroxylation is 2. The third-order valence-electron chi connectivity index (χ3n) is 2.51. The summed E-state index contributed by atoms with van der Waals surface area (Å²) in [6, 6.07) is 0.638. The van der Waals surface area contributed by atoms with Gasteiger partial charge in [0.25, 0.3) is 5.91 Å². The average Bonchev–Trinajstić information content (AvgIpc) is 2.25. The fourth-order valence-corrected chi connectivity index (χ4v) is 1.76. The molecular formula is C13H19N3O3. The lowest BCUT2D eigenvalue weighted by Crippen LogP contribution is -2.42. The number of nitrogens with zero attached hydrogens (tertiary/aromatic N) is 2. The van der Waals surface area contributed by atoms with E-state index in [1.54, 1.807) is 13.8 Å². The first-order valence-electron chi connectivity index (χ1n) is 6.15. The highest BCUT2D eigenvalue weighted by Gasteiger charge is 2.22. The molecule has 2 N–H and O–H groups in total. The lowest BCUT2D eigenvalue weighted by atomic mass is 10.0. The Morgan fingerprint density at radius 3 is 2.42 bits per heavy atom. The first-order chi connectivity index (χ1) is 8.79. The lowest BCUT2D eigenvalue weighted by Gasteiger charge is -2.16. The van der Waals surface area contributed by atoms with Gasteiger partial charge in [-0.3, -0.25) is 4.79 Å². The summed E-state index contributed by atoms with van der Waals surface area (Å²) in [6.07, 6.45) is 0.379. The summed E-state index contributed by atoms with van der Waals surface area (Å²) in [5.41, 5.74) is 0.869. The maximum Gasteiger partial charge on any atom is 0.326 e. The van der Waals surface area contributed by atoms with Crippen molar-refractivity contribution in [2.75, 3.05) is 0 Å². The van der Waals surface area contributed by atoms with Gasteiger partial charge in [0.15, 0.2) is 0 Å². The summed E-state index contributed by atoms with van der Waals surface area (Å²) in [4.78, 5) is 31.2. The molecule has 6 heteroatoms. The average molecular weight is 265 g/mol. The largest absolute Gasteiger partial charge is 0.480 e.